The number of amides is 3. The van der Waals surface area contributed by atoms with Gasteiger partial charge >= 0.3 is 6.03 Å². The van der Waals surface area contributed by atoms with Gasteiger partial charge in [0.1, 0.15) is 5.82 Å². The summed E-state index contributed by atoms with van der Waals surface area (Å²) in [5, 5.41) is 5.79. The van der Waals surface area contributed by atoms with Gasteiger partial charge in [0.15, 0.2) is 0 Å². The van der Waals surface area contributed by atoms with Crippen LogP contribution in [0.5, 0.6) is 0 Å². The molecule has 192 valence electrons. The normalized spacial score (nSPS) is 14.5. The third kappa shape index (κ3) is 7.05. The Hall–Kier alpha value is -2.44. The number of hydrogen-bond acceptors (Lipinski definition) is 6. The maximum Gasteiger partial charge on any atom is 0.321 e. The van der Waals surface area contributed by atoms with Crippen LogP contribution in [-0.4, -0.2) is 85.8 Å². The standard InChI is InChI=1S/C22H29ClN6O4S.ClH/c1-15(2)28-9-11-29(12-10-28)22(31)25-19-7-6-17(34(32,33)27(3)4)13-18(19)21(30)26-20-8-5-16(23)14-24-20;/h5-8,13-15H,9-12H2,1-4H3,(H,25,31)(H,24,26,30);1H. The third-order valence-electron chi connectivity index (χ3n) is 5.56. The second kappa shape index (κ2) is 12.0. The lowest BCUT2D eigenvalue weighted by Crippen LogP contribution is -2.51. The molecular weight excluding hydrogens is 515 g/mol. The van der Waals surface area contributed by atoms with E-state index in [0.717, 1.165) is 17.4 Å². The van der Waals surface area contributed by atoms with E-state index in [1.165, 1.54) is 44.6 Å². The molecule has 0 aliphatic carbocycles. The summed E-state index contributed by atoms with van der Waals surface area (Å²) in [6.45, 7) is 6.82. The van der Waals surface area contributed by atoms with Crippen LogP contribution in [0.15, 0.2) is 41.4 Å². The Morgan fingerprint density at radius 2 is 1.71 bits per heavy atom. The second-order valence-electron chi connectivity index (χ2n) is 8.36. The number of carbonyl (C=O) groups excluding carboxylic acids is 2. The van der Waals surface area contributed by atoms with Crippen molar-refractivity contribution in [1.82, 2.24) is 19.1 Å². The Morgan fingerprint density at radius 1 is 1.06 bits per heavy atom. The summed E-state index contributed by atoms with van der Waals surface area (Å²) >= 11 is 5.85. The first-order valence-electron chi connectivity index (χ1n) is 10.8. The Labute approximate surface area is 217 Å². The van der Waals surface area contributed by atoms with Crippen molar-refractivity contribution in [2.75, 3.05) is 50.9 Å². The number of pyridine rings is 1. The van der Waals surface area contributed by atoms with Crippen molar-refractivity contribution in [2.24, 2.45) is 0 Å². The highest BCUT2D eigenvalue weighted by atomic mass is 35.5. The van der Waals surface area contributed by atoms with E-state index in [4.69, 9.17) is 11.6 Å². The van der Waals surface area contributed by atoms with Crippen molar-refractivity contribution in [3.05, 3.63) is 47.1 Å². The van der Waals surface area contributed by atoms with Crippen LogP contribution in [0.3, 0.4) is 0 Å². The molecule has 13 heteroatoms. The van der Waals surface area contributed by atoms with Crippen molar-refractivity contribution in [1.29, 1.82) is 0 Å². The van der Waals surface area contributed by atoms with Gasteiger partial charge in [-0.25, -0.2) is 22.5 Å². The molecule has 1 aliphatic heterocycles. The molecule has 0 spiro atoms. The average molecular weight is 545 g/mol. The van der Waals surface area contributed by atoms with Crippen molar-refractivity contribution < 1.29 is 18.0 Å². The smallest absolute Gasteiger partial charge is 0.321 e. The molecule has 1 saturated heterocycles. The maximum absolute atomic E-state index is 13.1. The molecule has 0 bridgehead atoms. The molecule has 2 N–H and O–H groups in total. The fraction of sp³-hybridized carbons (Fsp3) is 0.409. The summed E-state index contributed by atoms with van der Waals surface area (Å²) in [5.41, 5.74) is 0.189. The largest absolute Gasteiger partial charge is 0.322 e. The van der Waals surface area contributed by atoms with Crippen LogP contribution in [0.2, 0.25) is 5.02 Å². The number of aromatic nitrogens is 1. The monoisotopic (exact) mass is 544 g/mol. The van der Waals surface area contributed by atoms with E-state index in [1.54, 1.807) is 11.0 Å². The van der Waals surface area contributed by atoms with Crippen molar-refractivity contribution >= 4 is 57.5 Å². The minimum Gasteiger partial charge on any atom is -0.322 e. The first-order chi connectivity index (χ1) is 16.0. The van der Waals surface area contributed by atoms with Gasteiger partial charge in [0, 0.05) is 52.5 Å². The van der Waals surface area contributed by atoms with Crippen LogP contribution in [-0.2, 0) is 10.0 Å². The van der Waals surface area contributed by atoms with Gasteiger partial charge < -0.3 is 15.5 Å². The van der Waals surface area contributed by atoms with E-state index >= 15 is 0 Å². The molecule has 3 rings (SSSR count). The van der Waals surface area contributed by atoms with E-state index in [1.807, 2.05) is 0 Å². The molecule has 1 aromatic carbocycles. The molecule has 1 aliphatic rings. The van der Waals surface area contributed by atoms with Crippen LogP contribution in [0.1, 0.15) is 24.2 Å². The molecule has 0 radical (unpaired) electrons. The number of rotatable bonds is 6. The molecule has 35 heavy (non-hydrogen) atoms. The minimum atomic E-state index is -3.80. The molecule has 2 aromatic rings. The molecule has 2 heterocycles. The quantitative estimate of drug-likeness (QED) is 0.576. The summed E-state index contributed by atoms with van der Waals surface area (Å²) < 4.78 is 26.3. The van der Waals surface area contributed by atoms with E-state index in [2.05, 4.69) is 34.4 Å². The lowest BCUT2D eigenvalue weighted by molar-refractivity contribution is 0.102. The Kier molecular flexibility index (Phi) is 9.87. The first-order valence-corrected chi connectivity index (χ1v) is 12.6. The summed E-state index contributed by atoms with van der Waals surface area (Å²) in [7, 11) is -0.996. The van der Waals surface area contributed by atoms with Crippen LogP contribution in [0.4, 0.5) is 16.3 Å². The number of nitrogens with one attached hydrogen (secondary N) is 2. The number of nitrogens with zero attached hydrogens (tertiary/aromatic N) is 4. The Balaban J connectivity index is 0.00000432. The number of urea groups is 1. The molecule has 0 unspecified atom stereocenters. The van der Waals surface area contributed by atoms with E-state index in [9.17, 15) is 18.0 Å². The van der Waals surface area contributed by atoms with Gasteiger partial charge in [-0.2, -0.15) is 0 Å². The zero-order valence-corrected chi connectivity index (χ0v) is 22.4. The highest BCUT2D eigenvalue weighted by molar-refractivity contribution is 7.89. The average Bonchev–Trinajstić information content (AvgIpc) is 2.80. The number of anilines is 2. The maximum atomic E-state index is 13.1. The van der Waals surface area contributed by atoms with Gasteiger partial charge in [-0.05, 0) is 44.2 Å². The van der Waals surface area contributed by atoms with Crippen molar-refractivity contribution in [3.8, 4) is 0 Å². The van der Waals surface area contributed by atoms with Gasteiger partial charge in [0.05, 0.1) is 21.2 Å². The molecular formula is C22H30Cl2N6O4S. The third-order valence-corrected chi connectivity index (χ3v) is 7.59. The van der Waals surface area contributed by atoms with E-state index in [0.29, 0.717) is 24.2 Å². The fourth-order valence-electron chi connectivity index (χ4n) is 3.46. The first kappa shape index (κ1) is 28.8. The van der Waals surface area contributed by atoms with Crippen molar-refractivity contribution in [2.45, 2.75) is 24.8 Å². The number of benzene rings is 1. The van der Waals surface area contributed by atoms with Gasteiger partial charge in [-0.1, -0.05) is 11.6 Å². The van der Waals surface area contributed by atoms with E-state index in [-0.39, 0.29) is 40.4 Å². The molecule has 1 fully saturated rings. The van der Waals surface area contributed by atoms with Gasteiger partial charge in [-0.3, -0.25) is 9.69 Å². The highest BCUT2D eigenvalue weighted by Crippen LogP contribution is 2.24. The van der Waals surface area contributed by atoms with Crippen LogP contribution >= 0.6 is 24.0 Å². The van der Waals surface area contributed by atoms with Gasteiger partial charge in [-0.15, -0.1) is 12.4 Å². The summed E-state index contributed by atoms with van der Waals surface area (Å²) in [5.74, 6) is -0.386. The number of halogens is 2. The van der Waals surface area contributed by atoms with Crippen LogP contribution < -0.4 is 10.6 Å². The minimum absolute atomic E-state index is 0. The Bertz CT molecular complexity index is 1150. The Morgan fingerprint density at radius 3 is 2.26 bits per heavy atom. The topological polar surface area (TPSA) is 115 Å². The number of hydrogen-bond donors (Lipinski definition) is 2. The van der Waals surface area contributed by atoms with Crippen LogP contribution in [0.25, 0.3) is 0 Å². The molecule has 0 saturated carbocycles. The summed E-state index contributed by atoms with van der Waals surface area (Å²) in [6, 6.07) is 7.15. The van der Waals surface area contributed by atoms with Crippen LogP contribution in [0, 0.1) is 0 Å². The van der Waals surface area contributed by atoms with Gasteiger partial charge in [0.2, 0.25) is 10.0 Å². The van der Waals surface area contributed by atoms with Crippen molar-refractivity contribution in [3.63, 3.8) is 0 Å². The number of carbonyl (C=O) groups is 2. The molecule has 3 amide bonds. The predicted molar refractivity (Wildman–Crippen MR) is 139 cm³/mol. The second-order valence-corrected chi connectivity index (χ2v) is 10.9. The lowest BCUT2D eigenvalue weighted by atomic mass is 10.1. The lowest BCUT2D eigenvalue weighted by Gasteiger charge is -2.36. The molecule has 0 atom stereocenters. The molecule has 10 nitrogen and oxygen atoms in total. The summed E-state index contributed by atoms with van der Waals surface area (Å²) in [4.78, 5) is 33.9. The number of sulfonamides is 1. The SMILES string of the molecule is CC(C)N1CCN(C(=O)Nc2ccc(S(=O)(=O)N(C)C)cc2C(=O)Nc2ccc(Cl)cn2)CC1.Cl. The molecule has 1 aromatic heterocycles. The fourth-order valence-corrected chi connectivity index (χ4v) is 4.50. The predicted octanol–water partition coefficient (Wildman–Crippen LogP) is 3.22. The number of piperazine rings is 1. The zero-order chi connectivity index (χ0) is 25.0. The zero-order valence-electron chi connectivity index (χ0n) is 20.0. The highest BCUT2D eigenvalue weighted by Gasteiger charge is 2.25. The van der Waals surface area contributed by atoms with Gasteiger partial charge in [0.25, 0.3) is 5.91 Å². The summed E-state index contributed by atoms with van der Waals surface area (Å²) in [6.07, 6.45) is 1.38. The van der Waals surface area contributed by atoms with E-state index < -0.39 is 15.9 Å².